The van der Waals surface area contributed by atoms with Gasteiger partial charge in [0.15, 0.2) is 11.6 Å². The van der Waals surface area contributed by atoms with Crippen molar-refractivity contribution in [3.8, 4) is 0 Å². The second-order valence-electron chi connectivity index (χ2n) is 5.50. The summed E-state index contributed by atoms with van der Waals surface area (Å²) >= 11 is 5.97. The van der Waals surface area contributed by atoms with E-state index in [0.717, 1.165) is 18.1 Å². The molecule has 3 aromatic rings. The van der Waals surface area contributed by atoms with Crippen LogP contribution in [0.25, 0.3) is 10.9 Å². The molecule has 1 unspecified atom stereocenters. The number of aromatic nitrogens is 2. The lowest BCUT2D eigenvalue weighted by Gasteiger charge is -2.12. The third-order valence-corrected chi connectivity index (χ3v) is 3.69. The monoisotopic (exact) mass is 318 g/mol. The summed E-state index contributed by atoms with van der Waals surface area (Å²) < 4.78 is 5.57. The average molecular weight is 319 g/mol. The van der Waals surface area contributed by atoms with Crippen LogP contribution in [0.2, 0.25) is 5.02 Å². The number of rotatable bonds is 4. The molecule has 1 atom stereocenters. The number of H-pyrrole nitrogens is 1. The SMILES string of the molecule is Cc1ccc(C[NH+](C)Cc2nc3cc(Cl)ccc3c(=O)[nH]2)o1. The zero-order valence-corrected chi connectivity index (χ0v) is 13.2. The standard InChI is InChI=1S/C16H16ClN3O2/c1-10-3-5-12(22-10)8-20(2)9-15-18-14-7-11(17)4-6-13(14)16(21)19-15/h3-7H,8-9H2,1-2H3,(H,18,19,21)/p+1. The second-order valence-corrected chi connectivity index (χ2v) is 5.93. The van der Waals surface area contributed by atoms with Gasteiger partial charge >= 0.3 is 0 Å². The van der Waals surface area contributed by atoms with E-state index in [1.165, 1.54) is 4.90 Å². The smallest absolute Gasteiger partial charge is 0.258 e. The van der Waals surface area contributed by atoms with Gasteiger partial charge in [-0.15, -0.1) is 0 Å². The molecule has 2 N–H and O–H groups in total. The molecule has 0 saturated heterocycles. The maximum atomic E-state index is 12.1. The highest BCUT2D eigenvalue weighted by Gasteiger charge is 2.11. The van der Waals surface area contributed by atoms with Gasteiger partial charge in [-0.3, -0.25) is 4.79 Å². The zero-order chi connectivity index (χ0) is 15.7. The molecular weight excluding hydrogens is 302 g/mol. The Labute approximate surface area is 132 Å². The van der Waals surface area contributed by atoms with Gasteiger partial charge in [0.25, 0.3) is 5.56 Å². The maximum Gasteiger partial charge on any atom is 0.258 e. The maximum absolute atomic E-state index is 12.1. The van der Waals surface area contributed by atoms with Crippen molar-refractivity contribution in [3.63, 3.8) is 0 Å². The number of quaternary nitrogens is 1. The van der Waals surface area contributed by atoms with Gasteiger partial charge in [0, 0.05) is 5.02 Å². The molecular formula is C16H17ClN3O2+. The van der Waals surface area contributed by atoms with Crippen LogP contribution >= 0.6 is 11.6 Å². The summed E-state index contributed by atoms with van der Waals surface area (Å²) in [5, 5.41) is 1.12. The Morgan fingerprint density at radius 1 is 1.27 bits per heavy atom. The summed E-state index contributed by atoms with van der Waals surface area (Å²) in [6, 6.07) is 9.00. The lowest BCUT2D eigenvalue weighted by Crippen LogP contribution is -3.06. The average Bonchev–Trinajstić information content (AvgIpc) is 2.83. The molecule has 0 radical (unpaired) electrons. The van der Waals surface area contributed by atoms with Gasteiger partial charge in [-0.1, -0.05) is 11.6 Å². The summed E-state index contributed by atoms with van der Waals surface area (Å²) in [5.41, 5.74) is 0.478. The molecule has 114 valence electrons. The van der Waals surface area contributed by atoms with Crippen molar-refractivity contribution in [1.29, 1.82) is 0 Å². The third kappa shape index (κ3) is 3.21. The molecule has 0 aliphatic rings. The molecule has 0 fully saturated rings. The normalized spacial score (nSPS) is 12.7. The quantitative estimate of drug-likeness (QED) is 0.769. The zero-order valence-electron chi connectivity index (χ0n) is 12.4. The van der Waals surface area contributed by atoms with Crippen LogP contribution in [0.1, 0.15) is 17.3 Å². The lowest BCUT2D eigenvalue weighted by molar-refractivity contribution is -0.909. The Morgan fingerprint density at radius 2 is 2.09 bits per heavy atom. The number of halogens is 1. The van der Waals surface area contributed by atoms with Crippen molar-refractivity contribution in [3.05, 3.63) is 63.1 Å². The van der Waals surface area contributed by atoms with Gasteiger partial charge < -0.3 is 14.3 Å². The molecule has 0 spiro atoms. The predicted molar refractivity (Wildman–Crippen MR) is 85.1 cm³/mol. The van der Waals surface area contributed by atoms with Crippen molar-refractivity contribution in [2.75, 3.05) is 7.05 Å². The van der Waals surface area contributed by atoms with Gasteiger partial charge in [-0.05, 0) is 37.3 Å². The van der Waals surface area contributed by atoms with E-state index in [4.69, 9.17) is 16.0 Å². The molecule has 6 heteroatoms. The van der Waals surface area contributed by atoms with Gasteiger partial charge in [0.05, 0.1) is 18.0 Å². The highest BCUT2D eigenvalue weighted by atomic mass is 35.5. The van der Waals surface area contributed by atoms with E-state index in [9.17, 15) is 4.79 Å². The first kappa shape index (κ1) is 14.8. The van der Waals surface area contributed by atoms with E-state index in [1.54, 1.807) is 18.2 Å². The first-order chi connectivity index (χ1) is 10.5. The van der Waals surface area contributed by atoms with E-state index in [-0.39, 0.29) is 5.56 Å². The van der Waals surface area contributed by atoms with E-state index in [1.807, 2.05) is 26.1 Å². The van der Waals surface area contributed by atoms with Crippen molar-refractivity contribution >= 4 is 22.5 Å². The number of nitrogens with one attached hydrogen (secondary N) is 2. The Balaban J connectivity index is 1.82. The largest absolute Gasteiger partial charge is 0.460 e. The summed E-state index contributed by atoms with van der Waals surface area (Å²) in [7, 11) is 2.03. The number of nitrogens with zero attached hydrogens (tertiary/aromatic N) is 1. The minimum absolute atomic E-state index is 0.140. The van der Waals surface area contributed by atoms with Crippen LogP contribution in [0.5, 0.6) is 0 Å². The molecule has 22 heavy (non-hydrogen) atoms. The van der Waals surface area contributed by atoms with E-state index < -0.39 is 0 Å². The Morgan fingerprint density at radius 3 is 2.82 bits per heavy atom. The fourth-order valence-electron chi connectivity index (χ4n) is 2.47. The van der Waals surface area contributed by atoms with Crippen molar-refractivity contribution < 1.29 is 9.32 Å². The Hall–Kier alpha value is -2.11. The lowest BCUT2D eigenvalue weighted by atomic mass is 10.2. The van der Waals surface area contributed by atoms with Gasteiger partial charge in [-0.2, -0.15) is 0 Å². The van der Waals surface area contributed by atoms with Crippen molar-refractivity contribution in [1.82, 2.24) is 9.97 Å². The van der Waals surface area contributed by atoms with Crippen molar-refractivity contribution in [2.24, 2.45) is 0 Å². The number of hydrogen-bond donors (Lipinski definition) is 2. The Bertz CT molecular complexity index is 869. The minimum Gasteiger partial charge on any atom is -0.460 e. The molecule has 0 aliphatic carbocycles. The van der Waals surface area contributed by atoms with Crippen LogP contribution in [-0.2, 0) is 13.1 Å². The van der Waals surface area contributed by atoms with Crippen LogP contribution in [0, 0.1) is 6.92 Å². The van der Waals surface area contributed by atoms with E-state index >= 15 is 0 Å². The predicted octanol–water partition coefficient (Wildman–Crippen LogP) is 1.69. The third-order valence-electron chi connectivity index (χ3n) is 3.46. The molecule has 1 aromatic carbocycles. The van der Waals surface area contributed by atoms with Crippen LogP contribution in [0.3, 0.4) is 0 Å². The van der Waals surface area contributed by atoms with Gasteiger partial charge in [0.1, 0.15) is 18.8 Å². The van der Waals surface area contributed by atoms with E-state index in [2.05, 4.69) is 9.97 Å². The summed E-state index contributed by atoms with van der Waals surface area (Å²) in [4.78, 5) is 20.6. The highest BCUT2D eigenvalue weighted by Crippen LogP contribution is 2.14. The van der Waals surface area contributed by atoms with Crippen LogP contribution in [0.15, 0.2) is 39.5 Å². The number of aryl methyl sites for hydroxylation is 1. The molecule has 0 saturated carbocycles. The molecule has 0 bridgehead atoms. The fourth-order valence-corrected chi connectivity index (χ4v) is 2.64. The molecule has 0 aliphatic heterocycles. The molecule has 3 rings (SSSR count). The highest BCUT2D eigenvalue weighted by molar-refractivity contribution is 6.31. The van der Waals surface area contributed by atoms with Crippen LogP contribution < -0.4 is 10.5 Å². The Kier molecular flexibility index (Phi) is 4.00. The second kappa shape index (κ2) is 5.94. The number of aromatic amines is 1. The summed E-state index contributed by atoms with van der Waals surface area (Å²) in [5.74, 6) is 2.46. The number of fused-ring (bicyclic) bond motifs is 1. The molecule has 5 nitrogen and oxygen atoms in total. The summed E-state index contributed by atoms with van der Waals surface area (Å²) in [6.45, 7) is 3.24. The summed E-state index contributed by atoms with van der Waals surface area (Å²) in [6.07, 6.45) is 0. The minimum atomic E-state index is -0.140. The molecule has 0 amide bonds. The first-order valence-corrected chi connectivity index (χ1v) is 7.44. The first-order valence-electron chi connectivity index (χ1n) is 7.06. The molecule has 2 heterocycles. The number of furan rings is 1. The van der Waals surface area contributed by atoms with E-state index in [0.29, 0.717) is 28.3 Å². The van der Waals surface area contributed by atoms with Crippen LogP contribution in [0.4, 0.5) is 0 Å². The van der Waals surface area contributed by atoms with Crippen LogP contribution in [-0.4, -0.2) is 17.0 Å². The van der Waals surface area contributed by atoms with Gasteiger partial charge in [-0.25, -0.2) is 4.98 Å². The molecule has 2 aromatic heterocycles. The number of benzene rings is 1. The fraction of sp³-hybridized carbons (Fsp3) is 0.250. The number of hydrogen-bond acceptors (Lipinski definition) is 3. The van der Waals surface area contributed by atoms with Gasteiger partial charge in [0.2, 0.25) is 0 Å². The topological polar surface area (TPSA) is 63.3 Å². The van der Waals surface area contributed by atoms with Crippen molar-refractivity contribution in [2.45, 2.75) is 20.0 Å².